The highest BCUT2D eigenvalue weighted by atomic mass is 35.5. The monoisotopic (exact) mass is 284 g/mol. The van der Waals surface area contributed by atoms with E-state index in [4.69, 9.17) is 11.6 Å². The summed E-state index contributed by atoms with van der Waals surface area (Å²) < 4.78 is 1.94. The van der Waals surface area contributed by atoms with Gasteiger partial charge in [-0.2, -0.15) is 5.10 Å². The van der Waals surface area contributed by atoms with Crippen molar-refractivity contribution in [1.82, 2.24) is 9.78 Å². The van der Waals surface area contributed by atoms with Crippen molar-refractivity contribution in [2.24, 2.45) is 5.92 Å². The Morgan fingerprint density at radius 3 is 2.63 bits per heavy atom. The number of nitrogens with zero attached hydrogens (tertiary/aromatic N) is 2. The third kappa shape index (κ3) is 3.51. The summed E-state index contributed by atoms with van der Waals surface area (Å²) in [5.74, 6) is 0.706. The molecule has 1 fully saturated rings. The standard InChI is InChI=1S/C15H25ClN2O/c1-3-13-15(16)14(18(4-2)17-13)10-12(19)9-11-7-5-6-8-11/h11-12,19H,3-10H2,1-2H3. The summed E-state index contributed by atoms with van der Waals surface area (Å²) in [5.41, 5.74) is 1.96. The van der Waals surface area contributed by atoms with Gasteiger partial charge in [-0.1, -0.05) is 44.2 Å². The third-order valence-corrected chi connectivity index (χ3v) is 4.64. The van der Waals surface area contributed by atoms with E-state index < -0.39 is 0 Å². The van der Waals surface area contributed by atoms with Gasteiger partial charge in [0.1, 0.15) is 0 Å². The maximum atomic E-state index is 10.3. The van der Waals surface area contributed by atoms with Crippen molar-refractivity contribution in [2.75, 3.05) is 0 Å². The van der Waals surface area contributed by atoms with Gasteiger partial charge in [-0.25, -0.2) is 0 Å². The van der Waals surface area contributed by atoms with Gasteiger partial charge in [0.25, 0.3) is 0 Å². The minimum atomic E-state index is -0.285. The van der Waals surface area contributed by atoms with Crippen LogP contribution in [0.25, 0.3) is 0 Å². The van der Waals surface area contributed by atoms with Crippen LogP contribution in [-0.2, 0) is 19.4 Å². The van der Waals surface area contributed by atoms with Gasteiger partial charge in [-0.15, -0.1) is 0 Å². The highest BCUT2D eigenvalue weighted by Crippen LogP contribution is 2.30. The molecule has 1 atom stereocenters. The van der Waals surface area contributed by atoms with Crippen LogP contribution < -0.4 is 0 Å². The number of aliphatic hydroxyl groups is 1. The summed E-state index contributed by atoms with van der Waals surface area (Å²) in [6, 6.07) is 0. The average molecular weight is 285 g/mol. The SMILES string of the molecule is CCc1nn(CC)c(CC(O)CC2CCCC2)c1Cl. The summed E-state index contributed by atoms with van der Waals surface area (Å²) in [7, 11) is 0. The van der Waals surface area contributed by atoms with Crippen LogP contribution >= 0.6 is 11.6 Å². The Balaban J connectivity index is 2.02. The lowest BCUT2D eigenvalue weighted by atomic mass is 9.97. The molecule has 2 rings (SSSR count). The van der Waals surface area contributed by atoms with E-state index in [0.717, 1.165) is 35.8 Å². The zero-order chi connectivity index (χ0) is 13.8. The molecule has 1 N–H and O–H groups in total. The zero-order valence-electron chi connectivity index (χ0n) is 12.0. The van der Waals surface area contributed by atoms with Crippen molar-refractivity contribution in [3.63, 3.8) is 0 Å². The Morgan fingerprint density at radius 1 is 1.37 bits per heavy atom. The van der Waals surface area contributed by atoms with Crippen LogP contribution in [0.4, 0.5) is 0 Å². The van der Waals surface area contributed by atoms with E-state index in [0.29, 0.717) is 12.3 Å². The van der Waals surface area contributed by atoms with E-state index in [1.165, 1.54) is 25.7 Å². The molecule has 0 bridgehead atoms. The van der Waals surface area contributed by atoms with Crippen LogP contribution in [0.3, 0.4) is 0 Å². The number of hydrogen-bond donors (Lipinski definition) is 1. The summed E-state index contributed by atoms with van der Waals surface area (Å²) in [6.07, 6.45) is 7.30. The number of aliphatic hydroxyl groups excluding tert-OH is 1. The molecule has 0 aliphatic heterocycles. The second kappa shape index (κ2) is 6.76. The molecule has 1 aromatic heterocycles. The minimum Gasteiger partial charge on any atom is -0.393 e. The van der Waals surface area contributed by atoms with Gasteiger partial charge >= 0.3 is 0 Å². The number of aromatic nitrogens is 2. The largest absolute Gasteiger partial charge is 0.393 e. The molecule has 0 aromatic carbocycles. The van der Waals surface area contributed by atoms with Gasteiger partial charge < -0.3 is 5.11 Å². The minimum absolute atomic E-state index is 0.285. The molecule has 1 heterocycles. The molecule has 1 aliphatic carbocycles. The lowest BCUT2D eigenvalue weighted by Gasteiger charge is -2.16. The quantitative estimate of drug-likeness (QED) is 0.867. The predicted octanol–water partition coefficient (Wildman–Crippen LogP) is 3.60. The van der Waals surface area contributed by atoms with Crippen molar-refractivity contribution in [2.45, 2.75) is 71.4 Å². The lowest BCUT2D eigenvalue weighted by molar-refractivity contribution is 0.141. The molecule has 0 spiro atoms. The Hall–Kier alpha value is -0.540. The van der Waals surface area contributed by atoms with E-state index in [1.54, 1.807) is 0 Å². The highest BCUT2D eigenvalue weighted by molar-refractivity contribution is 6.31. The molecule has 0 amide bonds. The molecular formula is C15H25ClN2O. The van der Waals surface area contributed by atoms with Crippen molar-refractivity contribution >= 4 is 11.6 Å². The van der Waals surface area contributed by atoms with E-state index in [2.05, 4.69) is 18.9 Å². The maximum absolute atomic E-state index is 10.3. The summed E-state index contributed by atoms with van der Waals surface area (Å²) in [6.45, 7) is 4.94. The molecule has 0 saturated heterocycles. The Kier molecular flexibility index (Phi) is 5.28. The molecule has 108 valence electrons. The van der Waals surface area contributed by atoms with E-state index >= 15 is 0 Å². The molecule has 19 heavy (non-hydrogen) atoms. The molecular weight excluding hydrogens is 260 g/mol. The van der Waals surface area contributed by atoms with Crippen LogP contribution in [0.1, 0.15) is 57.3 Å². The van der Waals surface area contributed by atoms with Crippen molar-refractivity contribution in [1.29, 1.82) is 0 Å². The second-order valence-corrected chi connectivity index (χ2v) is 6.00. The number of halogens is 1. The van der Waals surface area contributed by atoms with Crippen LogP contribution in [0.15, 0.2) is 0 Å². The fourth-order valence-electron chi connectivity index (χ4n) is 3.15. The first kappa shape index (κ1) is 14.9. The van der Waals surface area contributed by atoms with Crippen LogP contribution in [0.2, 0.25) is 5.02 Å². The average Bonchev–Trinajstić information content (AvgIpc) is 2.99. The normalized spacial score (nSPS) is 18.1. The Bertz CT molecular complexity index is 411. The third-order valence-electron chi connectivity index (χ3n) is 4.20. The van der Waals surface area contributed by atoms with Gasteiger partial charge in [-0.3, -0.25) is 4.68 Å². The first-order chi connectivity index (χ1) is 9.15. The highest BCUT2D eigenvalue weighted by Gasteiger charge is 2.22. The van der Waals surface area contributed by atoms with Gasteiger partial charge in [0.2, 0.25) is 0 Å². The van der Waals surface area contributed by atoms with Crippen LogP contribution in [0, 0.1) is 5.92 Å². The number of aryl methyl sites for hydroxylation is 2. The first-order valence-corrected chi connectivity index (χ1v) is 7.95. The van der Waals surface area contributed by atoms with Gasteiger partial charge in [0.05, 0.1) is 22.5 Å². The van der Waals surface area contributed by atoms with Gasteiger partial charge in [-0.05, 0) is 25.7 Å². The number of hydrogen-bond acceptors (Lipinski definition) is 2. The molecule has 1 aliphatic rings. The molecule has 1 aromatic rings. The number of rotatable bonds is 6. The lowest BCUT2D eigenvalue weighted by Crippen LogP contribution is -2.17. The molecule has 1 unspecified atom stereocenters. The Labute approximate surface area is 121 Å². The van der Waals surface area contributed by atoms with Crippen LogP contribution in [-0.4, -0.2) is 21.0 Å². The first-order valence-electron chi connectivity index (χ1n) is 7.57. The molecule has 3 nitrogen and oxygen atoms in total. The summed E-state index contributed by atoms with van der Waals surface area (Å²) in [5, 5.41) is 15.6. The van der Waals surface area contributed by atoms with Crippen molar-refractivity contribution in [3.05, 3.63) is 16.4 Å². The smallest absolute Gasteiger partial charge is 0.0850 e. The summed E-state index contributed by atoms with van der Waals surface area (Å²) in [4.78, 5) is 0. The topological polar surface area (TPSA) is 38.0 Å². The van der Waals surface area contributed by atoms with Crippen LogP contribution in [0.5, 0.6) is 0 Å². The predicted molar refractivity (Wildman–Crippen MR) is 78.6 cm³/mol. The van der Waals surface area contributed by atoms with Crippen molar-refractivity contribution < 1.29 is 5.11 Å². The van der Waals surface area contributed by atoms with E-state index in [1.807, 2.05) is 4.68 Å². The molecule has 0 radical (unpaired) electrons. The second-order valence-electron chi connectivity index (χ2n) is 5.62. The van der Waals surface area contributed by atoms with Gasteiger partial charge in [0, 0.05) is 13.0 Å². The van der Waals surface area contributed by atoms with Gasteiger partial charge in [0.15, 0.2) is 0 Å². The zero-order valence-corrected chi connectivity index (χ0v) is 12.8. The van der Waals surface area contributed by atoms with E-state index in [9.17, 15) is 5.11 Å². The Morgan fingerprint density at radius 2 is 2.05 bits per heavy atom. The summed E-state index contributed by atoms with van der Waals surface area (Å²) >= 11 is 6.37. The maximum Gasteiger partial charge on any atom is 0.0850 e. The van der Waals surface area contributed by atoms with E-state index in [-0.39, 0.29) is 6.10 Å². The molecule has 4 heteroatoms. The fourth-order valence-corrected chi connectivity index (χ4v) is 3.50. The fraction of sp³-hybridized carbons (Fsp3) is 0.800. The van der Waals surface area contributed by atoms with Crippen molar-refractivity contribution in [3.8, 4) is 0 Å². The molecule has 1 saturated carbocycles.